The van der Waals surface area contributed by atoms with Crippen molar-refractivity contribution in [1.82, 2.24) is 0 Å². The van der Waals surface area contributed by atoms with E-state index < -0.39 is 6.04 Å². The molecule has 0 aliphatic rings. The third kappa shape index (κ3) is 2.15. The van der Waals surface area contributed by atoms with Gasteiger partial charge in [-0.3, -0.25) is 0 Å². The molecule has 0 bridgehead atoms. The smallest absolute Gasteiger partial charge is 0.129 e. The van der Waals surface area contributed by atoms with Crippen molar-refractivity contribution < 1.29 is 4.39 Å². The van der Waals surface area contributed by atoms with Gasteiger partial charge in [-0.05, 0) is 34.7 Å². The van der Waals surface area contributed by atoms with E-state index in [-0.39, 0.29) is 12.4 Å². The van der Waals surface area contributed by atoms with Gasteiger partial charge in [0.1, 0.15) is 5.82 Å². The van der Waals surface area contributed by atoms with Crippen molar-refractivity contribution in [1.29, 1.82) is 0 Å². The lowest BCUT2D eigenvalue weighted by molar-refractivity contribution is 0.583. The first-order chi connectivity index (χ1) is 5.65. The minimum atomic E-state index is -0.401. The monoisotopic (exact) mass is 280 g/mol. The highest BCUT2D eigenvalue weighted by atomic mass is 127. The summed E-state index contributed by atoms with van der Waals surface area (Å²) >= 11 is 2.05. The van der Waals surface area contributed by atoms with E-state index in [9.17, 15) is 4.39 Å². The van der Waals surface area contributed by atoms with E-state index in [1.54, 1.807) is 6.07 Å². The Balaban J connectivity index is 3.01. The molecule has 0 fully saturated rings. The van der Waals surface area contributed by atoms with Gasteiger partial charge in [0, 0.05) is 21.7 Å². The highest BCUT2D eigenvalue weighted by Gasteiger charge is 2.08. The highest BCUT2D eigenvalue weighted by molar-refractivity contribution is 14.1. The van der Waals surface area contributed by atoms with E-state index in [0.29, 0.717) is 5.56 Å². The maximum Gasteiger partial charge on any atom is 0.129 e. The summed E-state index contributed by atoms with van der Waals surface area (Å²) in [6.45, 7) is 0.261. The van der Waals surface area contributed by atoms with Crippen LogP contribution in [0.4, 0.5) is 4.39 Å². The highest BCUT2D eigenvalue weighted by Crippen LogP contribution is 2.16. The SMILES string of the molecule is NC[C@H](N)c1ccc(I)cc1F. The quantitative estimate of drug-likeness (QED) is 0.804. The van der Waals surface area contributed by atoms with E-state index in [4.69, 9.17) is 11.5 Å². The van der Waals surface area contributed by atoms with Crippen LogP contribution >= 0.6 is 22.6 Å². The van der Waals surface area contributed by atoms with E-state index in [1.165, 1.54) is 6.07 Å². The van der Waals surface area contributed by atoms with Crippen molar-refractivity contribution in [3.05, 3.63) is 33.1 Å². The number of rotatable bonds is 2. The van der Waals surface area contributed by atoms with Crippen LogP contribution in [0.3, 0.4) is 0 Å². The molecule has 0 aliphatic heterocycles. The van der Waals surface area contributed by atoms with E-state index in [2.05, 4.69) is 0 Å². The molecule has 1 aromatic carbocycles. The maximum absolute atomic E-state index is 13.1. The molecule has 0 saturated carbocycles. The zero-order valence-electron chi connectivity index (χ0n) is 6.43. The molecule has 0 saturated heterocycles. The lowest BCUT2D eigenvalue weighted by atomic mass is 10.1. The molecule has 1 rings (SSSR count). The van der Waals surface area contributed by atoms with Crippen LogP contribution in [0.2, 0.25) is 0 Å². The molecular formula is C8H10FIN2. The first kappa shape index (κ1) is 9.88. The van der Waals surface area contributed by atoms with E-state index in [0.717, 1.165) is 3.57 Å². The van der Waals surface area contributed by atoms with E-state index >= 15 is 0 Å². The molecule has 4 N–H and O–H groups in total. The summed E-state index contributed by atoms with van der Waals surface area (Å²) in [7, 11) is 0. The molecule has 12 heavy (non-hydrogen) atoms. The summed E-state index contributed by atoms with van der Waals surface area (Å²) in [5.41, 5.74) is 11.4. The Morgan fingerprint density at radius 2 is 2.17 bits per heavy atom. The average molecular weight is 280 g/mol. The van der Waals surface area contributed by atoms with Gasteiger partial charge in [0.25, 0.3) is 0 Å². The third-order valence-corrected chi connectivity index (χ3v) is 2.29. The van der Waals surface area contributed by atoms with Gasteiger partial charge in [-0.15, -0.1) is 0 Å². The van der Waals surface area contributed by atoms with E-state index in [1.807, 2.05) is 28.7 Å². The molecule has 0 unspecified atom stereocenters. The molecule has 1 aromatic rings. The second-order valence-corrected chi connectivity index (χ2v) is 3.75. The first-order valence-electron chi connectivity index (χ1n) is 3.55. The summed E-state index contributed by atoms with van der Waals surface area (Å²) in [5.74, 6) is -0.278. The van der Waals surface area contributed by atoms with Crippen LogP contribution in [0.25, 0.3) is 0 Å². The number of nitrogens with two attached hydrogens (primary N) is 2. The lowest BCUT2D eigenvalue weighted by Crippen LogP contribution is -2.21. The van der Waals surface area contributed by atoms with Crippen LogP contribution < -0.4 is 11.5 Å². The van der Waals surface area contributed by atoms with Gasteiger partial charge in [-0.1, -0.05) is 6.07 Å². The summed E-state index contributed by atoms with van der Waals surface area (Å²) in [5, 5.41) is 0. The predicted molar refractivity (Wildman–Crippen MR) is 55.1 cm³/mol. The van der Waals surface area contributed by atoms with Crippen molar-refractivity contribution >= 4 is 22.6 Å². The largest absolute Gasteiger partial charge is 0.329 e. The predicted octanol–water partition coefficient (Wildman–Crippen LogP) is 1.39. The first-order valence-corrected chi connectivity index (χ1v) is 4.63. The molecule has 0 amide bonds. The van der Waals surface area contributed by atoms with Crippen LogP contribution in [0.5, 0.6) is 0 Å². The molecule has 0 aliphatic carbocycles. The van der Waals surface area contributed by atoms with Crippen LogP contribution in [-0.4, -0.2) is 6.54 Å². The Bertz CT molecular complexity index is 278. The van der Waals surface area contributed by atoms with Crippen LogP contribution in [0.1, 0.15) is 11.6 Å². The second kappa shape index (κ2) is 4.15. The topological polar surface area (TPSA) is 52.0 Å². The minimum Gasteiger partial charge on any atom is -0.329 e. The molecule has 0 spiro atoms. The van der Waals surface area contributed by atoms with Crippen molar-refractivity contribution in [2.24, 2.45) is 11.5 Å². The van der Waals surface area contributed by atoms with Gasteiger partial charge in [0.05, 0.1) is 0 Å². The Kier molecular flexibility index (Phi) is 3.42. The fourth-order valence-electron chi connectivity index (χ4n) is 0.929. The summed E-state index contributed by atoms with van der Waals surface area (Å²) < 4.78 is 14.0. The normalized spacial score (nSPS) is 13.0. The number of benzene rings is 1. The van der Waals surface area contributed by atoms with Crippen molar-refractivity contribution in [3.8, 4) is 0 Å². The van der Waals surface area contributed by atoms with Crippen molar-refractivity contribution in [2.75, 3.05) is 6.54 Å². The molecule has 0 radical (unpaired) electrons. The zero-order chi connectivity index (χ0) is 9.14. The molecular weight excluding hydrogens is 270 g/mol. The standard InChI is InChI=1S/C8H10FIN2/c9-7-3-5(10)1-2-6(7)8(12)4-11/h1-3,8H,4,11-12H2/t8-/m0/s1. The summed E-state index contributed by atoms with van der Waals surface area (Å²) in [6, 6.07) is 4.54. The number of halogens is 2. The lowest BCUT2D eigenvalue weighted by Gasteiger charge is -2.09. The van der Waals surface area contributed by atoms with Crippen LogP contribution in [0.15, 0.2) is 18.2 Å². The minimum absolute atomic E-state index is 0.261. The fourth-order valence-corrected chi connectivity index (χ4v) is 1.38. The summed E-state index contributed by atoms with van der Waals surface area (Å²) in [6.07, 6.45) is 0. The average Bonchev–Trinajstić information content (AvgIpc) is 2.03. The Morgan fingerprint density at radius 3 is 2.67 bits per heavy atom. The maximum atomic E-state index is 13.1. The van der Waals surface area contributed by atoms with Crippen molar-refractivity contribution in [2.45, 2.75) is 6.04 Å². The Labute approximate surface area is 84.3 Å². The third-order valence-electron chi connectivity index (χ3n) is 1.62. The van der Waals surface area contributed by atoms with Crippen LogP contribution in [0, 0.1) is 9.39 Å². The number of hydrogen-bond donors (Lipinski definition) is 2. The molecule has 0 heterocycles. The van der Waals surface area contributed by atoms with Gasteiger partial charge in [0.15, 0.2) is 0 Å². The van der Waals surface area contributed by atoms with Crippen LogP contribution in [-0.2, 0) is 0 Å². The van der Waals surface area contributed by atoms with Gasteiger partial charge in [-0.2, -0.15) is 0 Å². The Hall–Kier alpha value is -0.200. The van der Waals surface area contributed by atoms with Gasteiger partial charge >= 0.3 is 0 Å². The van der Waals surface area contributed by atoms with Crippen molar-refractivity contribution in [3.63, 3.8) is 0 Å². The van der Waals surface area contributed by atoms with Gasteiger partial charge in [-0.25, -0.2) is 4.39 Å². The molecule has 2 nitrogen and oxygen atoms in total. The fraction of sp³-hybridized carbons (Fsp3) is 0.250. The zero-order valence-corrected chi connectivity index (χ0v) is 8.58. The molecule has 66 valence electrons. The van der Waals surface area contributed by atoms with Gasteiger partial charge in [0.2, 0.25) is 0 Å². The molecule has 1 atom stereocenters. The second-order valence-electron chi connectivity index (χ2n) is 2.51. The Morgan fingerprint density at radius 1 is 1.50 bits per heavy atom. The number of hydrogen-bond acceptors (Lipinski definition) is 2. The summed E-state index contributed by atoms with van der Waals surface area (Å²) in [4.78, 5) is 0. The molecule has 4 heteroatoms. The molecule has 0 aromatic heterocycles. The van der Waals surface area contributed by atoms with Gasteiger partial charge < -0.3 is 11.5 Å².